The summed E-state index contributed by atoms with van der Waals surface area (Å²) in [4.78, 5) is 10.9. The number of hydrazine groups is 1. The summed E-state index contributed by atoms with van der Waals surface area (Å²) in [6.07, 6.45) is 0. The fraction of sp³-hybridized carbons (Fsp3) is 0. The molecule has 2 aromatic rings. The number of anilines is 1. The third kappa shape index (κ3) is 2.88. The molecule has 2 rings (SSSR count). The summed E-state index contributed by atoms with van der Waals surface area (Å²) in [5, 5.41) is 18.3. The molecule has 2 aromatic carbocycles. The van der Waals surface area contributed by atoms with Gasteiger partial charge >= 0.3 is 0 Å². The molecule has 0 aliphatic rings. The van der Waals surface area contributed by atoms with Crippen molar-refractivity contribution in [3.63, 3.8) is 0 Å². The zero-order valence-electron chi connectivity index (χ0n) is 9.38. The Morgan fingerprint density at radius 2 is 1.50 bits per heavy atom. The molecule has 0 atom stereocenters. The van der Waals surface area contributed by atoms with Crippen molar-refractivity contribution in [2.45, 2.75) is 0 Å². The first kappa shape index (κ1) is 11.7. The molecule has 0 aromatic heterocycles. The average Bonchev–Trinajstić information content (AvgIpc) is 2.41. The molecule has 0 bridgehead atoms. The quantitative estimate of drug-likeness (QED) is 0.468. The second-order valence-electron chi connectivity index (χ2n) is 3.39. The van der Waals surface area contributed by atoms with E-state index in [4.69, 9.17) is 0 Å². The van der Waals surface area contributed by atoms with Crippen LogP contribution < -0.4 is 5.12 Å². The largest absolute Gasteiger partial charge is 0.339 e. The van der Waals surface area contributed by atoms with E-state index in [1.54, 1.807) is 54.6 Å². The van der Waals surface area contributed by atoms with E-state index in [-0.39, 0.29) is 0 Å². The van der Waals surface area contributed by atoms with Crippen LogP contribution in [0.5, 0.6) is 0 Å². The van der Waals surface area contributed by atoms with Crippen LogP contribution in [0.2, 0.25) is 0 Å². The lowest BCUT2D eigenvalue weighted by atomic mass is 10.3. The maximum atomic E-state index is 10.9. The van der Waals surface area contributed by atoms with E-state index in [9.17, 15) is 10.1 Å². The van der Waals surface area contributed by atoms with Gasteiger partial charge in [-0.15, -0.1) is 0 Å². The van der Waals surface area contributed by atoms with E-state index < -0.39 is 5.03 Å². The number of hydrogen-bond donors (Lipinski definition) is 0. The van der Waals surface area contributed by atoms with E-state index >= 15 is 0 Å². The van der Waals surface area contributed by atoms with Crippen LogP contribution in [0.3, 0.4) is 0 Å². The summed E-state index contributed by atoms with van der Waals surface area (Å²) in [5.74, 6) is 0. The highest BCUT2D eigenvalue weighted by molar-refractivity contribution is 5.42. The van der Waals surface area contributed by atoms with E-state index in [0.717, 1.165) is 0 Å². The van der Waals surface area contributed by atoms with Crippen LogP contribution in [0.15, 0.2) is 71.0 Å². The molecule has 0 amide bonds. The lowest BCUT2D eigenvalue weighted by molar-refractivity contribution is -0.496. The summed E-state index contributed by atoms with van der Waals surface area (Å²) in [5.41, 5.74) is 0.905. The number of benzene rings is 2. The molecule has 0 spiro atoms. The molecule has 0 aliphatic carbocycles. The normalized spacial score (nSPS) is 10.4. The SMILES string of the molecule is O=[N+]([O-])N(N=Nc1ccccc1)c1ccccc1. The van der Waals surface area contributed by atoms with Gasteiger partial charge in [-0.1, -0.05) is 36.4 Å². The molecule has 0 N–H and O–H groups in total. The summed E-state index contributed by atoms with van der Waals surface area (Å²) in [7, 11) is 0. The Hall–Kier alpha value is -2.76. The zero-order valence-corrected chi connectivity index (χ0v) is 9.38. The molecule has 0 saturated heterocycles. The maximum Gasteiger partial charge on any atom is 0.183 e. The van der Waals surface area contributed by atoms with Gasteiger partial charge in [-0.05, 0) is 29.4 Å². The molecule has 18 heavy (non-hydrogen) atoms. The zero-order chi connectivity index (χ0) is 12.8. The average molecular weight is 242 g/mol. The molecule has 90 valence electrons. The van der Waals surface area contributed by atoms with Crippen LogP contribution in [0.1, 0.15) is 0 Å². The maximum absolute atomic E-state index is 10.9. The van der Waals surface area contributed by atoms with Gasteiger partial charge in [0.05, 0.1) is 10.2 Å². The molecule has 0 fully saturated rings. The fourth-order valence-electron chi connectivity index (χ4n) is 1.33. The lowest BCUT2D eigenvalue weighted by Crippen LogP contribution is -2.22. The summed E-state index contributed by atoms with van der Waals surface area (Å²) in [6, 6.07) is 17.2. The third-order valence-corrected chi connectivity index (χ3v) is 2.14. The minimum Gasteiger partial charge on any atom is -0.339 e. The van der Waals surface area contributed by atoms with Crippen molar-refractivity contribution in [2.75, 3.05) is 5.12 Å². The molecule has 0 saturated carbocycles. The van der Waals surface area contributed by atoms with Gasteiger partial charge in [0, 0.05) is 0 Å². The predicted molar refractivity (Wildman–Crippen MR) is 66.9 cm³/mol. The highest BCUT2D eigenvalue weighted by Gasteiger charge is 2.16. The smallest absolute Gasteiger partial charge is 0.183 e. The molecule has 0 unspecified atom stereocenters. The molecule has 0 heterocycles. The van der Waals surface area contributed by atoms with Gasteiger partial charge in [-0.3, -0.25) is 0 Å². The topological polar surface area (TPSA) is 71.1 Å². The van der Waals surface area contributed by atoms with Crippen molar-refractivity contribution >= 4 is 11.4 Å². The molecular weight excluding hydrogens is 232 g/mol. The molecule has 6 nitrogen and oxygen atoms in total. The summed E-state index contributed by atoms with van der Waals surface area (Å²) in [6.45, 7) is 0. The molecular formula is C12H10N4O2. The van der Waals surface area contributed by atoms with Crippen molar-refractivity contribution in [3.05, 3.63) is 70.8 Å². The van der Waals surface area contributed by atoms with Gasteiger partial charge in [0.2, 0.25) is 0 Å². The van der Waals surface area contributed by atoms with Crippen molar-refractivity contribution in [3.8, 4) is 0 Å². The van der Waals surface area contributed by atoms with E-state index in [1.165, 1.54) is 0 Å². The van der Waals surface area contributed by atoms with Gasteiger partial charge in [-0.2, -0.15) is 0 Å². The Morgan fingerprint density at radius 1 is 0.944 bits per heavy atom. The summed E-state index contributed by atoms with van der Waals surface area (Å²) < 4.78 is 0. The molecule has 0 radical (unpaired) electrons. The van der Waals surface area contributed by atoms with Crippen molar-refractivity contribution in [1.29, 1.82) is 0 Å². The van der Waals surface area contributed by atoms with Crippen molar-refractivity contribution in [2.24, 2.45) is 10.3 Å². The minimum atomic E-state index is -0.623. The lowest BCUT2D eigenvalue weighted by Gasteiger charge is -2.05. The number of nitrogens with zero attached hydrogens (tertiary/aromatic N) is 4. The Kier molecular flexibility index (Phi) is 3.60. The summed E-state index contributed by atoms with van der Waals surface area (Å²) >= 11 is 0. The number of nitro groups is 1. The standard InChI is InChI=1S/C12H10N4O2/c17-16(18)15(12-9-5-2-6-10-12)14-13-11-7-3-1-4-8-11/h1-10H. The Morgan fingerprint density at radius 3 is 2.06 bits per heavy atom. The second kappa shape index (κ2) is 5.53. The first-order valence-corrected chi connectivity index (χ1v) is 5.23. The number of para-hydroxylation sites is 1. The third-order valence-electron chi connectivity index (χ3n) is 2.14. The van der Waals surface area contributed by atoms with Crippen LogP contribution in [0.4, 0.5) is 11.4 Å². The van der Waals surface area contributed by atoms with Gasteiger partial charge in [0.15, 0.2) is 5.22 Å². The van der Waals surface area contributed by atoms with E-state index in [1.807, 2.05) is 6.07 Å². The second-order valence-corrected chi connectivity index (χ2v) is 3.39. The van der Waals surface area contributed by atoms with Gasteiger partial charge in [0.25, 0.3) is 0 Å². The number of hydrogen-bond acceptors (Lipinski definition) is 4. The predicted octanol–water partition coefficient (Wildman–Crippen LogP) is 3.38. The van der Waals surface area contributed by atoms with Gasteiger partial charge in [0.1, 0.15) is 11.4 Å². The minimum absolute atomic E-state index is 0.349. The van der Waals surface area contributed by atoms with E-state index in [2.05, 4.69) is 10.3 Å². The van der Waals surface area contributed by atoms with Gasteiger partial charge < -0.3 is 10.1 Å². The monoisotopic (exact) mass is 242 g/mol. The van der Waals surface area contributed by atoms with E-state index in [0.29, 0.717) is 16.5 Å². The van der Waals surface area contributed by atoms with Crippen LogP contribution in [-0.2, 0) is 0 Å². The first-order chi connectivity index (χ1) is 8.77. The Bertz CT molecular complexity index is 543. The Labute approximate surface area is 103 Å². The van der Waals surface area contributed by atoms with Crippen LogP contribution in [-0.4, -0.2) is 5.03 Å². The molecule has 6 heteroatoms. The highest BCUT2D eigenvalue weighted by Crippen LogP contribution is 2.16. The van der Waals surface area contributed by atoms with Crippen molar-refractivity contribution < 1.29 is 5.03 Å². The number of rotatable bonds is 4. The van der Waals surface area contributed by atoms with Crippen LogP contribution >= 0.6 is 0 Å². The fourth-order valence-corrected chi connectivity index (χ4v) is 1.33. The van der Waals surface area contributed by atoms with Crippen molar-refractivity contribution in [1.82, 2.24) is 0 Å². The highest BCUT2D eigenvalue weighted by atomic mass is 16.7. The Balaban J connectivity index is 2.23. The van der Waals surface area contributed by atoms with Gasteiger partial charge in [-0.25, -0.2) is 0 Å². The molecule has 0 aliphatic heterocycles. The first-order valence-electron chi connectivity index (χ1n) is 5.23. The van der Waals surface area contributed by atoms with Crippen LogP contribution in [0.25, 0.3) is 0 Å². The van der Waals surface area contributed by atoms with Crippen LogP contribution in [0, 0.1) is 10.1 Å².